The number of halogens is 3. The Morgan fingerprint density at radius 3 is 2.43 bits per heavy atom. The van der Waals surface area contributed by atoms with E-state index in [9.17, 15) is 18.0 Å². The topological polar surface area (TPSA) is 30.0 Å². The van der Waals surface area contributed by atoms with Gasteiger partial charge in [-0.3, -0.25) is 9.78 Å². The molecule has 0 spiro atoms. The van der Waals surface area contributed by atoms with Crippen molar-refractivity contribution >= 4 is 5.78 Å². The van der Waals surface area contributed by atoms with Crippen molar-refractivity contribution in [3.63, 3.8) is 0 Å². The lowest BCUT2D eigenvalue weighted by Crippen LogP contribution is -2.39. The van der Waals surface area contributed by atoms with E-state index in [0.717, 1.165) is 18.7 Å². The molecule has 2 nitrogen and oxygen atoms in total. The van der Waals surface area contributed by atoms with Gasteiger partial charge in [0.25, 0.3) is 0 Å². The van der Waals surface area contributed by atoms with E-state index in [4.69, 9.17) is 0 Å². The van der Waals surface area contributed by atoms with E-state index >= 15 is 0 Å². The van der Waals surface area contributed by atoms with Crippen molar-refractivity contribution in [3.8, 4) is 0 Å². The van der Waals surface area contributed by atoms with Crippen LogP contribution in [0.15, 0.2) is 18.5 Å². The highest BCUT2D eigenvalue weighted by Crippen LogP contribution is 2.44. The summed E-state index contributed by atoms with van der Waals surface area (Å²) in [7, 11) is 0. The number of nitrogens with zero attached hydrogens (tertiary/aromatic N) is 1. The minimum atomic E-state index is -4.43. The van der Waals surface area contributed by atoms with E-state index in [1.54, 1.807) is 13.8 Å². The number of pyridine rings is 1. The first-order chi connectivity index (χ1) is 9.64. The summed E-state index contributed by atoms with van der Waals surface area (Å²) in [6.45, 7) is 5.45. The Balaban J connectivity index is 2.43. The molecule has 1 fully saturated rings. The zero-order chi connectivity index (χ0) is 15.8. The van der Waals surface area contributed by atoms with Gasteiger partial charge < -0.3 is 0 Å². The van der Waals surface area contributed by atoms with E-state index in [0.29, 0.717) is 18.8 Å². The zero-order valence-electron chi connectivity index (χ0n) is 12.5. The number of ketones is 1. The first kappa shape index (κ1) is 16.0. The smallest absolute Gasteiger partial charge is 0.299 e. The van der Waals surface area contributed by atoms with Crippen LogP contribution in [0, 0.1) is 11.8 Å². The van der Waals surface area contributed by atoms with Crippen LogP contribution < -0.4 is 0 Å². The van der Waals surface area contributed by atoms with Gasteiger partial charge in [0, 0.05) is 30.1 Å². The molecule has 2 rings (SSSR count). The second-order valence-electron chi connectivity index (χ2n) is 6.55. The first-order valence-corrected chi connectivity index (χ1v) is 7.18. The third-order valence-electron chi connectivity index (χ3n) is 4.58. The summed E-state index contributed by atoms with van der Waals surface area (Å²) in [5.41, 5.74) is -1.43. The van der Waals surface area contributed by atoms with Crippen LogP contribution in [0.1, 0.15) is 51.2 Å². The molecule has 5 heteroatoms. The summed E-state index contributed by atoms with van der Waals surface area (Å²) in [6, 6.07) is 0.993. The molecule has 21 heavy (non-hydrogen) atoms. The summed E-state index contributed by atoms with van der Waals surface area (Å²) in [6.07, 6.45) is -0.0573. The fraction of sp³-hybridized carbons (Fsp3) is 0.625. The Morgan fingerprint density at radius 1 is 1.19 bits per heavy atom. The van der Waals surface area contributed by atoms with Crippen molar-refractivity contribution < 1.29 is 18.0 Å². The summed E-state index contributed by atoms with van der Waals surface area (Å²) >= 11 is 0. The van der Waals surface area contributed by atoms with Crippen LogP contribution in [0.4, 0.5) is 13.2 Å². The first-order valence-electron chi connectivity index (χ1n) is 7.18. The van der Waals surface area contributed by atoms with Gasteiger partial charge >= 0.3 is 6.18 Å². The molecule has 116 valence electrons. The number of hydrogen-bond acceptors (Lipinski definition) is 2. The second-order valence-corrected chi connectivity index (χ2v) is 6.55. The monoisotopic (exact) mass is 299 g/mol. The maximum Gasteiger partial charge on any atom is 0.416 e. The van der Waals surface area contributed by atoms with Crippen molar-refractivity contribution in [2.45, 2.75) is 51.6 Å². The lowest BCUT2D eigenvalue weighted by atomic mass is 9.65. The maximum absolute atomic E-state index is 13.2. The highest BCUT2D eigenvalue weighted by Gasteiger charge is 2.44. The van der Waals surface area contributed by atoms with Crippen LogP contribution in [0.5, 0.6) is 0 Å². The largest absolute Gasteiger partial charge is 0.416 e. The number of rotatable bonds is 2. The third-order valence-corrected chi connectivity index (χ3v) is 4.58. The van der Waals surface area contributed by atoms with Crippen molar-refractivity contribution in [3.05, 3.63) is 29.6 Å². The van der Waals surface area contributed by atoms with Crippen molar-refractivity contribution in [1.82, 2.24) is 4.98 Å². The van der Waals surface area contributed by atoms with E-state index in [2.05, 4.69) is 4.98 Å². The molecule has 1 aliphatic carbocycles. The normalized spacial score (nSPS) is 24.2. The second kappa shape index (κ2) is 5.43. The van der Waals surface area contributed by atoms with Crippen LogP contribution in [0.25, 0.3) is 0 Å². The van der Waals surface area contributed by atoms with Crippen molar-refractivity contribution in [2.24, 2.45) is 11.8 Å². The van der Waals surface area contributed by atoms with Crippen LogP contribution in [-0.4, -0.2) is 10.8 Å². The quantitative estimate of drug-likeness (QED) is 0.811. The number of carbonyl (C=O) groups excluding carboxylic acids is 1. The molecule has 0 amide bonds. The van der Waals surface area contributed by atoms with Gasteiger partial charge in [-0.05, 0) is 30.4 Å². The number of alkyl halides is 3. The molecule has 1 saturated carbocycles. The summed E-state index contributed by atoms with van der Waals surface area (Å²) in [5, 5.41) is 0. The van der Waals surface area contributed by atoms with Crippen molar-refractivity contribution in [2.75, 3.05) is 0 Å². The SMILES string of the molecule is CC1CCC(C(C)(C)c2cnccc2C(F)(F)F)C(=O)C1. The highest BCUT2D eigenvalue weighted by atomic mass is 19.4. The average Bonchev–Trinajstić information content (AvgIpc) is 2.37. The molecule has 2 unspecified atom stereocenters. The average molecular weight is 299 g/mol. The highest BCUT2D eigenvalue weighted by molar-refractivity contribution is 5.83. The minimum absolute atomic E-state index is 0.0655. The van der Waals surface area contributed by atoms with Gasteiger partial charge in [-0.25, -0.2) is 0 Å². The van der Waals surface area contributed by atoms with Crippen LogP contribution in [0.2, 0.25) is 0 Å². The number of Topliss-reactive ketones (excluding diaryl/α,β-unsaturated/α-hetero) is 1. The molecule has 0 saturated heterocycles. The van der Waals surface area contributed by atoms with Gasteiger partial charge in [-0.2, -0.15) is 13.2 Å². The third kappa shape index (κ3) is 3.11. The Bertz CT molecular complexity index is 537. The molecule has 1 heterocycles. The summed E-state index contributed by atoms with van der Waals surface area (Å²) < 4.78 is 39.6. The van der Waals surface area contributed by atoms with Crippen molar-refractivity contribution in [1.29, 1.82) is 0 Å². The van der Waals surface area contributed by atoms with Gasteiger partial charge in [0.15, 0.2) is 0 Å². The van der Waals surface area contributed by atoms with Gasteiger partial charge in [-0.15, -0.1) is 0 Å². The molecule has 0 aromatic carbocycles. The predicted octanol–water partition coefficient (Wildman–Crippen LogP) is 4.38. The summed E-state index contributed by atoms with van der Waals surface area (Å²) in [5.74, 6) is 0.00950. The zero-order valence-corrected chi connectivity index (χ0v) is 12.5. The molecule has 1 aromatic rings. The lowest BCUT2D eigenvalue weighted by Gasteiger charge is -2.38. The lowest BCUT2D eigenvalue weighted by molar-refractivity contribution is -0.140. The Morgan fingerprint density at radius 2 is 1.86 bits per heavy atom. The fourth-order valence-electron chi connectivity index (χ4n) is 3.31. The maximum atomic E-state index is 13.2. The molecule has 1 aromatic heterocycles. The molecule has 0 bridgehead atoms. The molecular formula is C16H20F3NO. The Labute approximate surface area is 122 Å². The van der Waals surface area contributed by atoms with E-state index in [-0.39, 0.29) is 17.3 Å². The van der Waals surface area contributed by atoms with Gasteiger partial charge in [0.05, 0.1) is 5.56 Å². The van der Waals surface area contributed by atoms with E-state index in [1.807, 2.05) is 6.92 Å². The molecule has 1 aliphatic rings. The number of carbonyl (C=O) groups is 1. The van der Waals surface area contributed by atoms with E-state index in [1.165, 1.54) is 6.20 Å². The van der Waals surface area contributed by atoms with Crippen LogP contribution in [0.3, 0.4) is 0 Å². The number of aromatic nitrogens is 1. The predicted molar refractivity (Wildman–Crippen MR) is 73.8 cm³/mol. The van der Waals surface area contributed by atoms with E-state index < -0.39 is 17.2 Å². The van der Waals surface area contributed by atoms with Gasteiger partial charge in [0.1, 0.15) is 5.78 Å². The summed E-state index contributed by atoms with van der Waals surface area (Å²) in [4.78, 5) is 16.1. The van der Waals surface area contributed by atoms with Gasteiger partial charge in [-0.1, -0.05) is 20.8 Å². The number of hydrogen-bond donors (Lipinski definition) is 0. The molecule has 0 N–H and O–H groups in total. The van der Waals surface area contributed by atoms with Crippen LogP contribution >= 0.6 is 0 Å². The van der Waals surface area contributed by atoms with Crippen LogP contribution in [-0.2, 0) is 16.4 Å². The molecule has 0 radical (unpaired) electrons. The Kier molecular flexibility index (Phi) is 4.13. The molecular weight excluding hydrogens is 279 g/mol. The molecule has 0 aliphatic heterocycles. The molecule has 2 atom stereocenters. The Hall–Kier alpha value is -1.39. The minimum Gasteiger partial charge on any atom is -0.299 e. The fourth-order valence-corrected chi connectivity index (χ4v) is 3.31. The standard InChI is InChI=1S/C16H20F3NO/c1-10-4-5-12(14(21)8-10)15(2,3)13-9-20-7-6-11(13)16(17,18)19/h6-7,9-10,12H,4-5,8H2,1-3H3. The van der Waals surface area contributed by atoms with Gasteiger partial charge in [0.2, 0.25) is 0 Å².